The molecular weight excluding hydrogens is 134 g/mol. The zero-order chi connectivity index (χ0) is 8.53. The van der Waals surface area contributed by atoms with Crippen LogP contribution in [-0.4, -0.2) is 12.6 Å². The van der Waals surface area contributed by atoms with Gasteiger partial charge in [-0.1, -0.05) is 12.2 Å². The highest BCUT2D eigenvalue weighted by Crippen LogP contribution is 1.99. The van der Waals surface area contributed by atoms with E-state index in [0.717, 1.165) is 13.0 Å². The van der Waals surface area contributed by atoms with Crippen molar-refractivity contribution < 1.29 is 0 Å². The Morgan fingerprint density at radius 3 is 2.64 bits per heavy atom. The van der Waals surface area contributed by atoms with E-state index in [4.69, 9.17) is 0 Å². The Balaban J connectivity index is 3.14. The van der Waals surface area contributed by atoms with Crippen molar-refractivity contribution in [2.24, 2.45) is 0 Å². The average molecular weight is 153 g/mol. The van der Waals surface area contributed by atoms with Crippen LogP contribution in [0, 0.1) is 0 Å². The number of hydrogen-bond acceptors (Lipinski definition) is 1. The van der Waals surface area contributed by atoms with Crippen molar-refractivity contribution in [3.05, 3.63) is 25.3 Å². The van der Waals surface area contributed by atoms with Crippen LogP contribution in [0.5, 0.6) is 0 Å². The van der Waals surface area contributed by atoms with Crippen molar-refractivity contribution in [1.29, 1.82) is 0 Å². The monoisotopic (exact) mass is 153 g/mol. The summed E-state index contributed by atoms with van der Waals surface area (Å²) >= 11 is 0. The molecule has 0 saturated heterocycles. The summed E-state index contributed by atoms with van der Waals surface area (Å²) in [6, 6.07) is 0.605. The molecular formula is C10H19N. The molecule has 1 N–H and O–H groups in total. The molecule has 0 bridgehead atoms. The van der Waals surface area contributed by atoms with Gasteiger partial charge in [-0.15, -0.1) is 13.2 Å². The summed E-state index contributed by atoms with van der Waals surface area (Å²) in [4.78, 5) is 0. The fourth-order valence-corrected chi connectivity index (χ4v) is 0.955. The third kappa shape index (κ3) is 7.34. The molecule has 0 aliphatic carbocycles. The Bertz CT molecular complexity index is 107. The minimum atomic E-state index is 0.605. The predicted octanol–water partition coefficient (Wildman–Crippen LogP) is 2.51. The van der Waals surface area contributed by atoms with Crippen molar-refractivity contribution in [3.63, 3.8) is 0 Å². The van der Waals surface area contributed by atoms with Gasteiger partial charge in [-0.05, 0) is 26.2 Å². The summed E-state index contributed by atoms with van der Waals surface area (Å²) in [6.07, 6.45) is 7.44. The fourth-order valence-electron chi connectivity index (χ4n) is 0.955. The van der Waals surface area contributed by atoms with Gasteiger partial charge >= 0.3 is 0 Å². The van der Waals surface area contributed by atoms with Crippen LogP contribution < -0.4 is 5.32 Å². The van der Waals surface area contributed by atoms with Gasteiger partial charge in [0.1, 0.15) is 0 Å². The van der Waals surface area contributed by atoms with Crippen molar-refractivity contribution in [2.75, 3.05) is 6.54 Å². The maximum Gasteiger partial charge on any atom is 0.0134 e. The zero-order valence-electron chi connectivity index (χ0n) is 7.47. The van der Waals surface area contributed by atoms with Gasteiger partial charge in [0.15, 0.2) is 0 Å². The first kappa shape index (κ1) is 10.4. The fraction of sp³-hybridized carbons (Fsp3) is 0.600. The molecule has 11 heavy (non-hydrogen) atoms. The molecule has 0 saturated carbocycles. The SMILES string of the molecule is C=CCCCC(C)NCC=C. The van der Waals surface area contributed by atoms with Gasteiger partial charge in [-0.3, -0.25) is 0 Å². The molecule has 0 heterocycles. The molecule has 1 nitrogen and oxygen atoms in total. The summed E-state index contributed by atoms with van der Waals surface area (Å²) in [6.45, 7) is 10.4. The number of unbranched alkanes of at least 4 members (excludes halogenated alkanes) is 1. The van der Waals surface area contributed by atoms with Gasteiger partial charge < -0.3 is 5.32 Å². The molecule has 0 aliphatic rings. The Hall–Kier alpha value is -0.560. The summed E-state index contributed by atoms with van der Waals surface area (Å²) in [5, 5.41) is 3.34. The molecule has 1 heteroatoms. The lowest BCUT2D eigenvalue weighted by Crippen LogP contribution is -2.25. The standard InChI is InChI=1S/C10H19N/c1-4-6-7-8-10(3)11-9-5-2/h4-5,10-11H,1-2,6-9H2,3H3. The van der Waals surface area contributed by atoms with Gasteiger partial charge in [-0.25, -0.2) is 0 Å². The molecule has 0 aromatic heterocycles. The third-order valence-electron chi connectivity index (χ3n) is 1.66. The Morgan fingerprint density at radius 2 is 2.09 bits per heavy atom. The molecule has 0 rings (SSSR count). The molecule has 0 aromatic carbocycles. The first-order chi connectivity index (χ1) is 5.31. The van der Waals surface area contributed by atoms with E-state index in [-0.39, 0.29) is 0 Å². The lowest BCUT2D eigenvalue weighted by Gasteiger charge is -2.10. The first-order valence-corrected chi connectivity index (χ1v) is 4.26. The maximum atomic E-state index is 3.68. The number of allylic oxidation sites excluding steroid dienone is 1. The largest absolute Gasteiger partial charge is 0.311 e. The minimum absolute atomic E-state index is 0.605. The van der Waals surface area contributed by atoms with Crippen molar-refractivity contribution >= 4 is 0 Å². The van der Waals surface area contributed by atoms with E-state index in [9.17, 15) is 0 Å². The lowest BCUT2D eigenvalue weighted by atomic mass is 10.1. The van der Waals surface area contributed by atoms with E-state index >= 15 is 0 Å². The number of rotatable bonds is 7. The lowest BCUT2D eigenvalue weighted by molar-refractivity contribution is 0.526. The van der Waals surface area contributed by atoms with E-state index in [2.05, 4.69) is 25.4 Å². The smallest absolute Gasteiger partial charge is 0.0134 e. The second-order valence-electron chi connectivity index (χ2n) is 2.82. The van der Waals surface area contributed by atoms with Gasteiger partial charge in [0.25, 0.3) is 0 Å². The molecule has 0 fully saturated rings. The molecule has 1 unspecified atom stereocenters. The van der Waals surface area contributed by atoms with E-state index in [1.165, 1.54) is 12.8 Å². The Morgan fingerprint density at radius 1 is 1.36 bits per heavy atom. The molecule has 64 valence electrons. The van der Waals surface area contributed by atoms with Gasteiger partial charge in [0.05, 0.1) is 0 Å². The van der Waals surface area contributed by atoms with E-state index < -0.39 is 0 Å². The third-order valence-corrected chi connectivity index (χ3v) is 1.66. The van der Waals surface area contributed by atoms with Gasteiger partial charge in [0, 0.05) is 12.6 Å². The van der Waals surface area contributed by atoms with Crippen LogP contribution in [0.4, 0.5) is 0 Å². The summed E-state index contributed by atoms with van der Waals surface area (Å²) in [5.41, 5.74) is 0. The first-order valence-electron chi connectivity index (χ1n) is 4.26. The molecule has 0 aromatic rings. The Labute approximate surface area is 70.2 Å². The zero-order valence-corrected chi connectivity index (χ0v) is 7.47. The van der Waals surface area contributed by atoms with Crippen LogP contribution in [-0.2, 0) is 0 Å². The van der Waals surface area contributed by atoms with Crippen LogP contribution in [0.25, 0.3) is 0 Å². The highest BCUT2D eigenvalue weighted by Gasteiger charge is 1.96. The van der Waals surface area contributed by atoms with E-state index in [0.29, 0.717) is 6.04 Å². The molecule has 0 aliphatic heterocycles. The summed E-state index contributed by atoms with van der Waals surface area (Å²) in [7, 11) is 0. The van der Waals surface area contributed by atoms with Crippen LogP contribution in [0.15, 0.2) is 25.3 Å². The number of hydrogen-bond donors (Lipinski definition) is 1. The molecule has 0 spiro atoms. The van der Waals surface area contributed by atoms with Crippen LogP contribution in [0.1, 0.15) is 26.2 Å². The second kappa shape index (κ2) is 7.55. The van der Waals surface area contributed by atoms with Crippen molar-refractivity contribution in [1.82, 2.24) is 5.32 Å². The molecule has 0 amide bonds. The Kier molecular flexibility index (Phi) is 7.16. The van der Waals surface area contributed by atoms with Crippen LogP contribution in [0.3, 0.4) is 0 Å². The highest BCUT2D eigenvalue weighted by molar-refractivity contribution is 4.74. The molecule has 1 atom stereocenters. The highest BCUT2D eigenvalue weighted by atomic mass is 14.9. The van der Waals surface area contributed by atoms with Crippen LogP contribution in [0.2, 0.25) is 0 Å². The summed E-state index contributed by atoms with van der Waals surface area (Å²) < 4.78 is 0. The quantitative estimate of drug-likeness (QED) is 0.438. The van der Waals surface area contributed by atoms with Crippen LogP contribution >= 0.6 is 0 Å². The minimum Gasteiger partial charge on any atom is -0.311 e. The van der Waals surface area contributed by atoms with Crippen molar-refractivity contribution in [3.8, 4) is 0 Å². The predicted molar refractivity (Wildman–Crippen MR) is 51.7 cm³/mol. The van der Waals surface area contributed by atoms with Gasteiger partial charge in [0.2, 0.25) is 0 Å². The maximum absolute atomic E-state index is 3.68. The summed E-state index contributed by atoms with van der Waals surface area (Å²) in [5.74, 6) is 0. The van der Waals surface area contributed by atoms with Gasteiger partial charge in [-0.2, -0.15) is 0 Å². The van der Waals surface area contributed by atoms with Crippen molar-refractivity contribution in [2.45, 2.75) is 32.2 Å². The normalized spacial score (nSPS) is 12.5. The average Bonchev–Trinajstić information content (AvgIpc) is 2.01. The number of nitrogens with one attached hydrogen (secondary N) is 1. The second-order valence-corrected chi connectivity index (χ2v) is 2.82. The topological polar surface area (TPSA) is 12.0 Å². The van der Waals surface area contributed by atoms with E-state index in [1.807, 2.05) is 12.2 Å². The van der Waals surface area contributed by atoms with E-state index in [1.54, 1.807) is 0 Å². The molecule has 0 radical (unpaired) electrons.